The lowest BCUT2D eigenvalue weighted by molar-refractivity contribution is 0.0855. The van der Waals surface area contributed by atoms with E-state index in [1.807, 2.05) is 26.0 Å². The van der Waals surface area contributed by atoms with Crippen molar-refractivity contribution in [2.45, 2.75) is 20.0 Å². The fraction of sp³-hybridized carbons (Fsp3) is 0.417. The van der Waals surface area contributed by atoms with Gasteiger partial charge in [-0.3, -0.25) is 0 Å². The lowest BCUT2D eigenvalue weighted by atomic mass is 10.1. The van der Waals surface area contributed by atoms with Gasteiger partial charge in [0.25, 0.3) is 0 Å². The third-order valence-corrected chi connectivity index (χ3v) is 2.81. The van der Waals surface area contributed by atoms with Crippen molar-refractivity contribution in [2.75, 3.05) is 18.5 Å². The van der Waals surface area contributed by atoms with Crippen LogP contribution in [0.15, 0.2) is 18.2 Å². The standard InChI is InChI=1S/C12H17ClN2OS/c1-3-16-8(2)7-15-10-6-4-5-9(13)11(10)12(14)17/h4-6,8,15H,3,7H2,1-2H3,(H2,14,17). The molecule has 0 heterocycles. The number of ether oxygens (including phenoxy) is 1. The summed E-state index contributed by atoms with van der Waals surface area (Å²) in [5.41, 5.74) is 7.19. The lowest BCUT2D eigenvalue weighted by Crippen LogP contribution is -2.22. The zero-order valence-corrected chi connectivity index (χ0v) is 11.6. The van der Waals surface area contributed by atoms with Gasteiger partial charge in [-0.25, -0.2) is 0 Å². The molecule has 0 aliphatic rings. The molecule has 0 saturated carbocycles. The van der Waals surface area contributed by atoms with Crippen molar-refractivity contribution in [3.63, 3.8) is 0 Å². The van der Waals surface area contributed by atoms with Crippen LogP contribution >= 0.6 is 23.8 Å². The fourth-order valence-electron chi connectivity index (χ4n) is 1.52. The van der Waals surface area contributed by atoms with E-state index in [0.29, 0.717) is 28.7 Å². The summed E-state index contributed by atoms with van der Waals surface area (Å²) in [4.78, 5) is 0.294. The van der Waals surface area contributed by atoms with Crippen molar-refractivity contribution in [3.05, 3.63) is 28.8 Å². The Morgan fingerprint density at radius 2 is 2.29 bits per heavy atom. The van der Waals surface area contributed by atoms with Gasteiger partial charge in [0.2, 0.25) is 0 Å². The van der Waals surface area contributed by atoms with Crippen molar-refractivity contribution < 1.29 is 4.74 Å². The van der Waals surface area contributed by atoms with Gasteiger partial charge in [0.1, 0.15) is 4.99 Å². The quantitative estimate of drug-likeness (QED) is 0.782. The first-order chi connectivity index (χ1) is 8.06. The van der Waals surface area contributed by atoms with Gasteiger partial charge in [0, 0.05) is 18.8 Å². The molecular formula is C12H17ClN2OS. The molecule has 0 aliphatic heterocycles. The number of anilines is 1. The molecule has 0 radical (unpaired) electrons. The number of nitrogens with two attached hydrogens (primary N) is 1. The molecule has 1 aromatic rings. The lowest BCUT2D eigenvalue weighted by Gasteiger charge is -2.16. The monoisotopic (exact) mass is 272 g/mol. The van der Waals surface area contributed by atoms with Crippen LogP contribution in [0, 0.1) is 0 Å². The second kappa shape index (κ2) is 6.79. The third kappa shape index (κ3) is 4.15. The van der Waals surface area contributed by atoms with Gasteiger partial charge in [-0.2, -0.15) is 0 Å². The van der Waals surface area contributed by atoms with Crippen LogP contribution < -0.4 is 11.1 Å². The summed E-state index contributed by atoms with van der Waals surface area (Å²) >= 11 is 11.1. The van der Waals surface area contributed by atoms with E-state index in [2.05, 4.69) is 5.32 Å². The number of hydrogen-bond acceptors (Lipinski definition) is 3. The van der Waals surface area contributed by atoms with E-state index in [0.717, 1.165) is 5.69 Å². The summed E-state index contributed by atoms with van der Waals surface area (Å²) in [6.45, 7) is 5.35. The highest BCUT2D eigenvalue weighted by Crippen LogP contribution is 2.24. The Kier molecular flexibility index (Phi) is 5.68. The van der Waals surface area contributed by atoms with Gasteiger partial charge >= 0.3 is 0 Å². The second-order valence-corrected chi connectivity index (χ2v) is 4.52. The van der Waals surface area contributed by atoms with Crippen LogP contribution in [0.25, 0.3) is 0 Å². The van der Waals surface area contributed by atoms with Crippen molar-refractivity contribution in [2.24, 2.45) is 5.73 Å². The van der Waals surface area contributed by atoms with Crippen molar-refractivity contribution >= 4 is 34.5 Å². The van der Waals surface area contributed by atoms with Crippen LogP contribution in [0.2, 0.25) is 5.02 Å². The van der Waals surface area contributed by atoms with E-state index in [-0.39, 0.29) is 6.10 Å². The summed E-state index contributed by atoms with van der Waals surface area (Å²) in [6, 6.07) is 5.53. The second-order valence-electron chi connectivity index (χ2n) is 3.67. The zero-order valence-electron chi connectivity index (χ0n) is 10.00. The number of thiocarbonyl (C=S) groups is 1. The first kappa shape index (κ1) is 14.2. The average molecular weight is 273 g/mol. The van der Waals surface area contributed by atoms with E-state index in [1.54, 1.807) is 6.07 Å². The van der Waals surface area contributed by atoms with Crippen LogP contribution in [0.4, 0.5) is 5.69 Å². The molecule has 0 aromatic heterocycles. The molecule has 0 spiro atoms. The summed E-state index contributed by atoms with van der Waals surface area (Å²) in [5.74, 6) is 0. The van der Waals surface area contributed by atoms with Crippen LogP contribution in [0.1, 0.15) is 19.4 Å². The first-order valence-corrected chi connectivity index (χ1v) is 6.28. The number of hydrogen-bond donors (Lipinski definition) is 2. The molecule has 1 rings (SSSR count). The van der Waals surface area contributed by atoms with Crippen LogP contribution in [0.5, 0.6) is 0 Å². The van der Waals surface area contributed by atoms with Gasteiger partial charge in [-0.15, -0.1) is 0 Å². The maximum atomic E-state index is 6.06. The zero-order chi connectivity index (χ0) is 12.8. The van der Waals surface area contributed by atoms with Crippen LogP contribution in [-0.2, 0) is 4.74 Å². The largest absolute Gasteiger partial charge is 0.389 e. The highest BCUT2D eigenvalue weighted by Gasteiger charge is 2.10. The van der Waals surface area contributed by atoms with E-state index in [9.17, 15) is 0 Å². The van der Waals surface area contributed by atoms with Gasteiger partial charge in [0.05, 0.1) is 16.7 Å². The molecule has 3 N–H and O–H groups in total. The third-order valence-electron chi connectivity index (χ3n) is 2.29. The Morgan fingerprint density at radius 1 is 1.59 bits per heavy atom. The Labute approximate surface area is 112 Å². The van der Waals surface area contributed by atoms with Gasteiger partial charge in [0.15, 0.2) is 0 Å². The van der Waals surface area contributed by atoms with E-state index >= 15 is 0 Å². The molecule has 0 saturated heterocycles. The maximum absolute atomic E-state index is 6.06. The number of rotatable bonds is 6. The van der Waals surface area contributed by atoms with Gasteiger partial charge < -0.3 is 15.8 Å². The maximum Gasteiger partial charge on any atom is 0.107 e. The highest BCUT2D eigenvalue weighted by atomic mass is 35.5. The molecule has 0 fully saturated rings. The van der Waals surface area contributed by atoms with Crippen molar-refractivity contribution in [1.29, 1.82) is 0 Å². The van der Waals surface area contributed by atoms with Crippen LogP contribution in [-0.4, -0.2) is 24.2 Å². The normalized spacial score (nSPS) is 12.2. The highest BCUT2D eigenvalue weighted by molar-refractivity contribution is 7.80. The van der Waals surface area contributed by atoms with E-state index in [4.69, 9.17) is 34.3 Å². The van der Waals surface area contributed by atoms with Crippen molar-refractivity contribution in [3.8, 4) is 0 Å². The number of halogens is 1. The predicted octanol–water partition coefficient (Wildman–Crippen LogP) is 2.81. The molecule has 1 aromatic carbocycles. The minimum absolute atomic E-state index is 0.123. The van der Waals surface area contributed by atoms with Gasteiger partial charge in [-0.05, 0) is 26.0 Å². The molecule has 0 aliphatic carbocycles. The molecule has 1 atom stereocenters. The summed E-state index contributed by atoms with van der Waals surface area (Å²) in [6.07, 6.45) is 0.123. The predicted molar refractivity (Wildman–Crippen MR) is 76.9 cm³/mol. The minimum atomic E-state index is 0.123. The molecule has 3 nitrogen and oxygen atoms in total. The molecule has 0 bridgehead atoms. The van der Waals surface area contributed by atoms with E-state index < -0.39 is 0 Å². The molecule has 5 heteroatoms. The smallest absolute Gasteiger partial charge is 0.107 e. The first-order valence-electron chi connectivity index (χ1n) is 5.50. The SMILES string of the molecule is CCOC(C)CNc1cccc(Cl)c1C(N)=S. The number of benzene rings is 1. The molecule has 17 heavy (non-hydrogen) atoms. The molecule has 94 valence electrons. The number of nitrogens with one attached hydrogen (secondary N) is 1. The van der Waals surface area contributed by atoms with E-state index in [1.165, 1.54) is 0 Å². The Balaban J connectivity index is 2.77. The minimum Gasteiger partial charge on any atom is -0.389 e. The molecule has 1 unspecified atom stereocenters. The van der Waals surface area contributed by atoms with Gasteiger partial charge in [-0.1, -0.05) is 29.9 Å². The summed E-state index contributed by atoms with van der Waals surface area (Å²) in [5, 5.41) is 3.80. The Bertz CT molecular complexity index is 398. The van der Waals surface area contributed by atoms with Crippen LogP contribution in [0.3, 0.4) is 0 Å². The van der Waals surface area contributed by atoms with Crippen molar-refractivity contribution in [1.82, 2.24) is 0 Å². The molecular weight excluding hydrogens is 256 g/mol. The fourth-order valence-corrected chi connectivity index (χ4v) is 2.07. The Hall–Kier alpha value is -0.840. The summed E-state index contributed by atoms with van der Waals surface area (Å²) in [7, 11) is 0. The summed E-state index contributed by atoms with van der Waals surface area (Å²) < 4.78 is 5.43. The molecule has 0 amide bonds. The Morgan fingerprint density at radius 3 is 2.88 bits per heavy atom. The topological polar surface area (TPSA) is 47.3 Å². The average Bonchev–Trinajstić information content (AvgIpc) is 2.26.